The standard InChI is InChI=1S/C27H54O2/c1-5-8-11-14-17-20-23-27(26(28)29-4,24-21-18-15-12-9-6-2)25-22-19-16-13-10-7-3/h5-25H2,1-4H3. The lowest BCUT2D eigenvalue weighted by molar-refractivity contribution is -0.154. The quantitative estimate of drug-likeness (QED) is 0.131. The van der Waals surface area contributed by atoms with Crippen LogP contribution in [0.1, 0.15) is 156 Å². The van der Waals surface area contributed by atoms with Gasteiger partial charge in [0.15, 0.2) is 0 Å². The van der Waals surface area contributed by atoms with E-state index in [4.69, 9.17) is 4.74 Å². The summed E-state index contributed by atoms with van der Waals surface area (Å²) in [5, 5.41) is 0. The zero-order valence-electron chi connectivity index (χ0n) is 20.7. The molecular weight excluding hydrogens is 356 g/mol. The molecule has 0 saturated carbocycles. The third-order valence-corrected chi connectivity index (χ3v) is 6.65. The van der Waals surface area contributed by atoms with Gasteiger partial charge in [-0.2, -0.15) is 0 Å². The largest absolute Gasteiger partial charge is 0.469 e. The highest BCUT2D eigenvalue weighted by Crippen LogP contribution is 2.38. The number of rotatable bonds is 22. The number of ether oxygens (including phenoxy) is 1. The number of unbranched alkanes of at least 4 members (excludes halogenated alkanes) is 15. The summed E-state index contributed by atoms with van der Waals surface area (Å²) in [6.07, 6.45) is 26.4. The van der Waals surface area contributed by atoms with Crippen molar-refractivity contribution in [1.29, 1.82) is 0 Å². The molecule has 0 aliphatic heterocycles. The molecule has 0 amide bonds. The fraction of sp³-hybridized carbons (Fsp3) is 0.963. The first-order chi connectivity index (χ1) is 14.2. The van der Waals surface area contributed by atoms with Gasteiger partial charge in [0.1, 0.15) is 0 Å². The Bertz CT molecular complexity index is 310. The van der Waals surface area contributed by atoms with Crippen LogP contribution in [0.25, 0.3) is 0 Å². The van der Waals surface area contributed by atoms with Crippen LogP contribution in [-0.4, -0.2) is 13.1 Å². The predicted octanol–water partition coefficient (Wildman–Crippen LogP) is 9.40. The van der Waals surface area contributed by atoms with Crippen molar-refractivity contribution >= 4 is 5.97 Å². The molecule has 0 rings (SSSR count). The van der Waals surface area contributed by atoms with Crippen molar-refractivity contribution in [2.75, 3.05) is 7.11 Å². The summed E-state index contributed by atoms with van der Waals surface area (Å²) >= 11 is 0. The van der Waals surface area contributed by atoms with Crippen molar-refractivity contribution in [3.63, 3.8) is 0 Å². The predicted molar refractivity (Wildman–Crippen MR) is 128 cm³/mol. The highest BCUT2D eigenvalue weighted by molar-refractivity contribution is 5.76. The molecule has 0 radical (unpaired) electrons. The Hall–Kier alpha value is -0.530. The third-order valence-electron chi connectivity index (χ3n) is 6.65. The van der Waals surface area contributed by atoms with E-state index in [1.165, 1.54) is 116 Å². The maximum Gasteiger partial charge on any atom is 0.311 e. The first kappa shape index (κ1) is 28.5. The van der Waals surface area contributed by atoms with E-state index in [1.54, 1.807) is 7.11 Å². The van der Waals surface area contributed by atoms with Crippen molar-refractivity contribution in [1.82, 2.24) is 0 Å². The van der Waals surface area contributed by atoms with Crippen LogP contribution in [0.2, 0.25) is 0 Å². The van der Waals surface area contributed by atoms with Crippen molar-refractivity contribution < 1.29 is 9.53 Å². The Labute approximate surface area is 184 Å². The summed E-state index contributed by atoms with van der Waals surface area (Å²) in [5.41, 5.74) is -0.213. The minimum atomic E-state index is -0.213. The SMILES string of the molecule is CCCCCCCCC(CCCCCCCC)(CCCCCCCC)C(=O)OC. The van der Waals surface area contributed by atoms with Crippen LogP contribution in [0.3, 0.4) is 0 Å². The van der Waals surface area contributed by atoms with E-state index in [-0.39, 0.29) is 11.4 Å². The topological polar surface area (TPSA) is 26.3 Å². The van der Waals surface area contributed by atoms with E-state index in [2.05, 4.69) is 20.8 Å². The molecule has 174 valence electrons. The number of methoxy groups -OCH3 is 1. The van der Waals surface area contributed by atoms with Crippen molar-refractivity contribution in [3.05, 3.63) is 0 Å². The van der Waals surface area contributed by atoms with Gasteiger partial charge in [0.25, 0.3) is 0 Å². The Morgan fingerprint density at radius 1 is 0.517 bits per heavy atom. The van der Waals surface area contributed by atoms with Crippen LogP contribution >= 0.6 is 0 Å². The first-order valence-corrected chi connectivity index (χ1v) is 13.2. The molecule has 29 heavy (non-hydrogen) atoms. The summed E-state index contributed by atoms with van der Waals surface area (Å²) in [7, 11) is 1.60. The van der Waals surface area contributed by atoms with Crippen molar-refractivity contribution in [2.24, 2.45) is 5.41 Å². The lowest BCUT2D eigenvalue weighted by Gasteiger charge is -2.31. The lowest BCUT2D eigenvalue weighted by Crippen LogP contribution is -2.32. The Morgan fingerprint density at radius 2 is 0.793 bits per heavy atom. The molecule has 0 heterocycles. The molecule has 0 aromatic rings. The van der Waals surface area contributed by atoms with Gasteiger partial charge in [0.05, 0.1) is 12.5 Å². The molecule has 0 bridgehead atoms. The number of esters is 1. The molecule has 0 unspecified atom stereocenters. The van der Waals surface area contributed by atoms with Crippen LogP contribution in [0, 0.1) is 5.41 Å². The van der Waals surface area contributed by atoms with Gasteiger partial charge in [-0.25, -0.2) is 0 Å². The fourth-order valence-electron chi connectivity index (χ4n) is 4.63. The highest BCUT2D eigenvalue weighted by Gasteiger charge is 2.37. The maximum atomic E-state index is 12.9. The average molecular weight is 411 g/mol. The summed E-state index contributed by atoms with van der Waals surface area (Å²) in [5.74, 6) is 0.0770. The molecule has 2 nitrogen and oxygen atoms in total. The zero-order chi connectivity index (χ0) is 21.6. The Kier molecular flexibility index (Phi) is 20.4. The maximum absolute atomic E-state index is 12.9. The number of carbonyl (C=O) groups excluding carboxylic acids is 1. The van der Waals surface area contributed by atoms with Gasteiger partial charge in [-0.05, 0) is 19.3 Å². The molecule has 0 aliphatic carbocycles. The third kappa shape index (κ3) is 15.0. The van der Waals surface area contributed by atoms with Gasteiger partial charge >= 0.3 is 5.97 Å². The van der Waals surface area contributed by atoms with Gasteiger partial charge in [-0.3, -0.25) is 4.79 Å². The Morgan fingerprint density at radius 3 is 1.07 bits per heavy atom. The molecule has 0 aromatic carbocycles. The van der Waals surface area contributed by atoms with Crippen LogP contribution in [0.5, 0.6) is 0 Å². The molecule has 0 aromatic heterocycles. The summed E-state index contributed by atoms with van der Waals surface area (Å²) < 4.78 is 5.36. The second-order valence-electron chi connectivity index (χ2n) is 9.33. The van der Waals surface area contributed by atoms with Gasteiger partial charge in [-0.1, -0.05) is 136 Å². The van der Waals surface area contributed by atoms with Crippen LogP contribution < -0.4 is 0 Å². The lowest BCUT2D eigenvalue weighted by atomic mass is 9.74. The average Bonchev–Trinajstić information content (AvgIpc) is 2.74. The first-order valence-electron chi connectivity index (χ1n) is 13.2. The van der Waals surface area contributed by atoms with E-state index < -0.39 is 0 Å². The normalized spacial score (nSPS) is 11.7. The summed E-state index contributed by atoms with van der Waals surface area (Å²) in [4.78, 5) is 12.9. The monoisotopic (exact) mass is 410 g/mol. The highest BCUT2D eigenvalue weighted by atomic mass is 16.5. The van der Waals surface area contributed by atoms with E-state index in [0.29, 0.717) is 0 Å². The van der Waals surface area contributed by atoms with Gasteiger partial charge in [-0.15, -0.1) is 0 Å². The minimum Gasteiger partial charge on any atom is -0.469 e. The molecule has 0 aliphatic rings. The molecule has 0 fully saturated rings. The van der Waals surface area contributed by atoms with Crippen LogP contribution in [0.15, 0.2) is 0 Å². The molecule has 0 spiro atoms. The summed E-state index contributed by atoms with van der Waals surface area (Å²) in [6, 6.07) is 0. The number of hydrogen-bond acceptors (Lipinski definition) is 2. The van der Waals surface area contributed by atoms with Gasteiger partial charge in [0, 0.05) is 0 Å². The summed E-state index contributed by atoms with van der Waals surface area (Å²) in [6.45, 7) is 6.80. The molecule has 0 N–H and O–H groups in total. The molecular formula is C27H54O2. The van der Waals surface area contributed by atoms with Crippen LogP contribution in [0.4, 0.5) is 0 Å². The van der Waals surface area contributed by atoms with Crippen LogP contribution in [-0.2, 0) is 9.53 Å². The van der Waals surface area contributed by atoms with Gasteiger partial charge in [0.2, 0.25) is 0 Å². The van der Waals surface area contributed by atoms with Crippen molar-refractivity contribution in [3.8, 4) is 0 Å². The van der Waals surface area contributed by atoms with Gasteiger partial charge < -0.3 is 4.74 Å². The van der Waals surface area contributed by atoms with E-state index in [1.807, 2.05) is 0 Å². The fourth-order valence-corrected chi connectivity index (χ4v) is 4.63. The smallest absolute Gasteiger partial charge is 0.311 e. The second kappa shape index (κ2) is 20.7. The number of hydrogen-bond donors (Lipinski definition) is 0. The van der Waals surface area contributed by atoms with E-state index in [0.717, 1.165) is 19.3 Å². The van der Waals surface area contributed by atoms with E-state index in [9.17, 15) is 4.79 Å². The second-order valence-corrected chi connectivity index (χ2v) is 9.33. The molecule has 0 atom stereocenters. The van der Waals surface area contributed by atoms with E-state index >= 15 is 0 Å². The Balaban J connectivity index is 4.64. The minimum absolute atomic E-state index is 0.0770. The number of carbonyl (C=O) groups is 1. The zero-order valence-corrected chi connectivity index (χ0v) is 20.7. The molecule has 0 saturated heterocycles. The molecule has 2 heteroatoms. The van der Waals surface area contributed by atoms with Crippen molar-refractivity contribution in [2.45, 2.75) is 156 Å².